The van der Waals surface area contributed by atoms with E-state index >= 15 is 0 Å². The van der Waals surface area contributed by atoms with Crippen molar-refractivity contribution in [2.24, 2.45) is 0 Å². The third-order valence-electron chi connectivity index (χ3n) is 4.97. The zero-order valence-corrected chi connectivity index (χ0v) is 19.2. The van der Waals surface area contributed by atoms with E-state index in [1.807, 2.05) is 42.5 Å². The van der Waals surface area contributed by atoms with Gasteiger partial charge in [0, 0.05) is 25.7 Å². The first-order chi connectivity index (χ1) is 15.8. The number of benzene rings is 3. The number of nitrogens with zero attached hydrogens (tertiary/aromatic N) is 1. The molecular weight excluding hydrogens is 445 g/mol. The molecule has 0 radical (unpaired) electrons. The normalized spacial score (nSPS) is 11.3. The van der Waals surface area contributed by atoms with E-state index in [0.717, 1.165) is 33.6 Å². The monoisotopic (exact) mass is 471 g/mol. The van der Waals surface area contributed by atoms with Gasteiger partial charge in [-0.25, -0.2) is 17.1 Å². The summed E-state index contributed by atoms with van der Waals surface area (Å²) >= 11 is 0. The van der Waals surface area contributed by atoms with E-state index in [2.05, 4.69) is 10.6 Å². The topological polar surface area (TPSA) is 87.7 Å². The second-order valence-electron chi connectivity index (χ2n) is 7.33. The molecule has 0 spiro atoms. The Morgan fingerprint density at radius 2 is 1.61 bits per heavy atom. The van der Waals surface area contributed by atoms with Crippen LogP contribution in [0.4, 0.5) is 21.5 Å². The molecular formula is C24H26FN3O4S. The molecule has 0 aliphatic carbocycles. The van der Waals surface area contributed by atoms with Crippen LogP contribution in [-0.2, 0) is 14.8 Å². The lowest BCUT2D eigenvalue weighted by atomic mass is 10.2. The van der Waals surface area contributed by atoms with Gasteiger partial charge in [-0.15, -0.1) is 0 Å². The maximum absolute atomic E-state index is 13.1. The summed E-state index contributed by atoms with van der Waals surface area (Å²) in [6.07, 6.45) is 0.469. The minimum atomic E-state index is -3.74. The zero-order valence-electron chi connectivity index (χ0n) is 18.4. The number of carbonyl (C=O) groups excluding carboxylic acids is 1. The van der Waals surface area contributed by atoms with E-state index in [4.69, 9.17) is 4.74 Å². The van der Waals surface area contributed by atoms with Crippen molar-refractivity contribution in [2.45, 2.75) is 17.7 Å². The summed E-state index contributed by atoms with van der Waals surface area (Å²) in [7, 11) is -0.707. The molecule has 0 saturated carbocycles. The van der Waals surface area contributed by atoms with Gasteiger partial charge >= 0.3 is 0 Å². The lowest BCUT2D eigenvalue weighted by Crippen LogP contribution is -2.28. The molecule has 0 atom stereocenters. The fourth-order valence-electron chi connectivity index (χ4n) is 3.11. The van der Waals surface area contributed by atoms with Crippen molar-refractivity contribution in [2.75, 3.05) is 31.3 Å². The van der Waals surface area contributed by atoms with Gasteiger partial charge in [0.2, 0.25) is 15.9 Å². The van der Waals surface area contributed by atoms with Crippen molar-refractivity contribution in [3.8, 4) is 5.75 Å². The number of carbonyl (C=O) groups is 1. The maximum atomic E-state index is 13.1. The molecule has 7 nitrogen and oxygen atoms in total. The van der Waals surface area contributed by atoms with Crippen LogP contribution in [0, 0.1) is 5.82 Å². The Balaban J connectivity index is 1.55. The van der Waals surface area contributed by atoms with Gasteiger partial charge in [0.05, 0.1) is 23.4 Å². The fourth-order valence-corrected chi connectivity index (χ4v) is 4.32. The smallest absolute Gasteiger partial charge is 0.242 e. The number of ether oxygens (including phenoxy) is 1. The molecule has 0 heterocycles. The van der Waals surface area contributed by atoms with Crippen molar-refractivity contribution in [3.63, 3.8) is 0 Å². The highest BCUT2D eigenvalue weighted by Gasteiger charge is 2.20. The molecule has 0 bridgehead atoms. The Hall–Kier alpha value is -3.43. The van der Waals surface area contributed by atoms with E-state index in [1.165, 1.54) is 19.2 Å². The Labute approximate surface area is 193 Å². The summed E-state index contributed by atoms with van der Waals surface area (Å²) in [4.78, 5) is 12.5. The molecule has 0 fully saturated rings. The van der Waals surface area contributed by atoms with Crippen molar-refractivity contribution in [1.82, 2.24) is 4.31 Å². The standard InChI is InChI=1S/C24H26FN3O4S/c1-28(33(30,31)21-15-9-18(25)10-16-21)17-5-8-24(29)27-23-7-4-3-6-22(23)26-19-11-13-20(32-2)14-12-19/h3-4,6-7,9-16,26H,5,8,17H2,1-2H3,(H,27,29). The molecule has 1 amide bonds. The quantitative estimate of drug-likeness (QED) is 0.451. The number of amides is 1. The molecule has 3 rings (SSSR count). The van der Waals surface area contributed by atoms with Crippen LogP contribution in [-0.4, -0.2) is 39.3 Å². The minimum Gasteiger partial charge on any atom is -0.497 e. The Kier molecular flexibility index (Phi) is 8.02. The van der Waals surface area contributed by atoms with Crippen molar-refractivity contribution >= 4 is 33.0 Å². The van der Waals surface area contributed by atoms with E-state index < -0.39 is 15.8 Å². The first-order valence-electron chi connectivity index (χ1n) is 10.3. The number of rotatable bonds is 10. The molecule has 174 valence electrons. The summed E-state index contributed by atoms with van der Waals surface area (Å²) < 4.78 is 44.5. The van der Waals surface area contributed by atoms with Crippen LogP contribution >= 0.6 is 0 Å². The molecule has 33 heavy (non-hydrogen) atoms. The largest absolute Gasteiger partial charge is 0.497 e. The average Bonchev–Trinajstić information content (AvgIpc) is 2.81. The molecule has 3 aromatic rings. The number of sulfonamides is 1. The summed E-state index contributed by atoms with van der Waals surface area (Å²) in [5.74, 6) is 0.00939. The van der Waals surface area contributed by atoms with Gasteiger partial charge in [-0.3, -0.25) is 4.79 Å². The first-order valence-corrected chi connectivity index (χ1v) is 11.8. The number of para-hydroxylation sites is 2. The Morgan fingerprint density at radius 3 is 2.24 bits per heavy atom. The fraction of sp³-hybridized carbons (Fsp3) is 0.208. The van der Waals surface area contributed by atoms with Crippen LogP contribution in [0.1, 0.15) is 12.8 Å². The van der Waals surface area contributed by atoms with E-state index in [-0.39, 0.29) is 23.8 Å². The lowest BCUT2D eigenvalue weighted by molar-refractivity contribution is -0.116. The van der Waals surface area contributed by atoms with Crippen LogP contribution in [0.15, 0.2) is 77.7 Å². The number of methoxy groups -OCH3 is 1. The molecule has 0 unspecified atom stereocenters. The number of hydrogen-bond donors (Lipinski definition) is 2. The van der Waals surface area contributed by atoms with Crippen molar-refractivity contribution in [1.29, 1.82) is 0 Å². The van der Waals surface area contributed by atoms with Crippen molar-refractivity contribution < 1.29 is 22.3 Å². The third-order valence-corrected chi connectivity index (χ3v) is 6.84. The highest BCUT2D eigenvalue weighted by molar-refractivity contribution is 7.89. The molecule has 0 aliphatic heterocycles. The summed E-state index contributed by atoms with van der Waals surface area (Å²) in [6, 6.07) is 19.4. The van der Waals surface area contributed by atoms with Crippen LogP contribution in [0.3, 0.4) is 0 Å². The average molecular weight is 472 g/mol. The Morgan fingerprint density at radius 1 is 0.970 bits per heavy atom. The predicted molar refractivity (Wildman–Crippen MR) is 127 cm³/mol. The number of anilines is 3. The minimum absolute atomic E-state index is 0.00869. The van der Waals surface area contributed by atoms with Crippen LogP contribution in [0.5, 0.6) is 5.75 Å². The van der Waals surface area contributed by atoms with Crippen LogP contribution in [0.2, 0.25) is 0 Å². The van der Waals surface area contributed by atoms with Gasteiger partial charge in [0.15, 0.2) is 0 Å². The number of nitrogens with one attached hydrogen (secondary N) is 2. The lowest BCUT2D eigenvalue weighted by Gasteiger charge is -2.17. The first kappa shape index (κ1) is 24.2. The predicted octanol–water partition coefficient (Wildman–Crippen LogP) is 4.62. The van der Waals surface area contributed by atoms with E-state index in [0.29, 0.717) is 12.1 Å². The van der Waals surface area contributed by atoms with Gasteiger partial charge in [0.25, 0.3) is 0 Å². The molecule has 0 saturated heterocycles. The zero-order chi connectivity index (χ0) is 23.8. The SMILES string of the molecule is COc1ccc(Nc2ccccc2NC(=O)CCCN(C)S(=O)(=O)c2ccc(F)cc2)cc1. The molecule has 2 N–H and O–H groups in total. The van der Waals surface area contributed by atoms with Gasteiger partial charge in [-0.1, -0.05) is 12.1 Å². The maximum Gasteiger partial charge on any atom is 0.242 e. The van der Waals surface area contributed by atoms with Crippen LogP contribution in [0.25, 0.3) is 0 Å². The third kappa shape index (κ3) is 6.53. The van der Waals surface area contributed by atoms with Gasteiger partial charge < -0.3 is 15.4 Å². The van der Waals surface area contributed by atoms with E-state index in [9.17, 15) is 17.6 Å². The highest BCUT2D eigenvalue weighted by Crippen LogP contribution is 2.26. The summed E-state index contributed by atoms with van der Waals surface area (Å²) in [5.41, 5.74) is 2.18. The second-order valence-corrected chi connectivity index (χ2v) is 9.38. The van der Waals surface area contributed by atoms with E-state index in [1.54, 1.807) is 13.2 Å². The highest BCUT2D eigenvalue weighted by atomic mass is 32.2. The summed E-state index contributed by atoms with van der Waals surface area (Å²) in [5, 5.41) is 6.13. The van der Waals surface area contributed by atoms with Crippen molar-refractivity contribution in [3.05, 3.63) is 78.6 Å². The number of halogens is 1. The molecule has 9 heteroatoms. The second kappa shape index (κ2) is 10.9. The Bertz CT molecular complexity index is 1180. The molecule has 0 aliphatic rings. The van der Waals surface area contributed by atoms with Gasteiger partial charge in [0.1, 0.15) is 11.6 Å². The van der Waals surface area contributed by atoms with Crippen LogP contribution < -0.4 is 15.4 Å². The number of hydrogen-bond acceptors (Lipinski definition) is 5. The molecule has 0 aromatic heterocycles. The summed E-state index contributed by atoms with van der Waals surface area (Å²) in [6.45, 7) is 0.152. The van der Waals surface area contributed by atoms with Gasteiger partial charge in [-0.2, -0.15) is 0 Å². The molecule has 3 aromatic carbocycles. The van der Waals surface area contributed by atoms with Gasteiger partial charge in [-0.05, 0) is 67.1 Å².